The van der Waals surface area contributed by atoms with E-state index in [2.05, 4.69) is 11.4 Å². The number of hydrogen-bond acceptors (Lipinski definition) is 3. The Hall–Kier alpha value is -1.86. The van der Waals surface area contributed by atoms with Crippen molar-refractivity contribution in [3.8, 4) is 6.07 Å². The van der Waals surface area contributed by atoms with Crippen LogP contribution in [-0.2, 0) is 11.3 Å². The van der Waals surface area contributed by atoms with Gasteiger partial charge in [-0.15, -0.1) is 0 Å². The number of carbonyl (C=O) groups excluding carboxylic acids is 1. The fourth-order valence-corrected chi connectivity index (χ4v) is 1.82. The van der Waals surface area contributed by atoms with E-state index in [-0.39, 0.29) is 5.91 Å². The molecule has 0 aliphatic rings. The molecule has 1 aromatic carbocycles. The van der Waals surface area contributed by atoms with Gasteiger partial charge in [0.25, 0.3) is 0 Å². The molecule has 0 heterocycles. The molecule has 0 aliphatic heterocycles. The Morgan fingerprint density at radius 2 is 2.05 bits per heavy atom. The van der Waals surface area contributed by atoms with E-state index >= 15 is 0 Å². The van der Waals surface area contributed by atoms with E-state index in [0.717, 1.165) is 37.8 Å². The largest absolute Gasteiger partial charge is 0.352 e. The number of benzene rings is 1. The molecule has 1 amide bonds. The first-order chi connectivity index (χ1) is 9.26. The summed E-state index contributed by atoms with van der Waals surface area (Å²) in [6, 6.07) is 9.36. The third-order valence-corrected chi connectivity index (χ3v) is 2.90. The van der Waals surface area contributed by atoms with E-state index in [0.29, 0.717) is 18.5 Å². The van der Waals surface area contributed by atoms with Crippen LogP contribution in [0.3, 0.4) is 0 Å². The summed E-state index contributed by atoms with van der Waals surface area (Å²) < 4.78 is 0. The van der Waals surface area contributed by atoms with Crippen molar-refractivity contribution in [1.82, 2.24) is 5.32 Å². The Morgan fingerprint density at radius 1 is 1.26 bits per heavy atom. The summed E-state index contributed by atoms with van der Waals surface area (Å²) in [7, 11) is 0. The minimum atomic E-state index is 0.0649. The first-order valence-electron chi connectivity index (χ1n) is 6.72. The summed E-state index contributed by atoms with van der Waals surface area (Å²) in [5.41, 5.74) is 6.98. The van der Waals surface area contributed by atoms with Crippen LogP contribution in [0.2, 0.25) is 0 Å². The lowest BCUT2D eigenvalue weighted by atomic mass is 10.1. The summed E-state index contributed by atoms with van der Waals surface area (Å²) in [6.07, 6.45) is 4.64. The molecule has 4 nitrogen and oxygen atoms in total. The van der Waals surface area contributed by atoms with Gasteiger partial charge < -0.3 is 11.1 Å². The number of nitrogens with one attached hydrogen (secondary N) is 1. The van der Waals surface area contributed by atoms with Crippen LogP contribution >= 0.6 is 0 Å². The molecule has 102 valence electrons. The van der Waals surface area contributed by atoms with Crippen molar-refractivity contribution in [3.63, 3.8) is 0 Å². The lowest BCUT2D eigenvalue weighted by Gasteiger charge is -2.05. The predicted octanol–water partition coefficient (Wildman–Crippen LogP) is 2.08. The molecule has 0 saturated heterocycles. The predicted molar refractivity (Wildman–Crippen MR) is 75.1 cm³/mol. The Bertz CT molecular complexity index is 437. The number of amides is 1. The second-order valence-corrected chi connectivity index (χ2v) is 4.54. The number of nitriles is 1. The minimum Gasteiger partial charge on any atom is -0.352 e. The number of carbonyl (C=O) groups is 1. The van der Waals surface area contributed by atoms with Gasteiger partial charge in [0.2, 0.25) is 5.91 Å². The summed E-state index contributed by atoms with van der Waals surface area (Å²) in [4.78, 5) is 11.6. The third-order valence-electron chi connectivity index (χ3n) is 2.90. The van der Waals surface area contributed by atoms with Crippen LogP contribution in [0.4, 0.5) is 0 Å². The zero-order valence-corrected chi connectivity index (χ0v) is 11.2. The van der Waals surface area contributed by atoms with E-state index in [1.807, 2.05) is 12.1 Å². The second kappa shape index (κ2) is 9.12. The number of rotatable bonds is 8. The molecule has 1 aromatic rings. The van der Waals surface area contributed by atoms with Gasteiger partial charge in [0.15, 0.2) is 0 Å². The first-order valence-corrected chi connectivity index (χ1v) is 6.72. The van der Waals surface area contributed by atoms with Crippen LogP contribution in [-0.4, -0.2) is 12.5 Å². The molecule has 3 N–H and O–H groups in total. The van der Waals surface area contributed by atoms with Gasteiger partial charge in [-0.3, -0.25) is 4.79 Å². The molecule has 19 heavy (non-hydrogen) atoms. The van der Waals surface area contributed by atoms with E-state index in [1.165, 1.54) is 0 Å². The maximum atomic E-state index is 11.6. The Balaban J connectivity index is 2.21. The van der Waals surface area contributed by atoms with Crippen LogP contribution in [0, 0.1) is 11.3 Å². The smallest absolute Gasteiger partial charge is 0.220 e. The molecule has 0 aliphatic carbocycles. The zero-order valence-electron chi connectivity index (χ0n) is 11.2. The molecule has 0 radical (unpaired) electrons. The third kappa shape index (κ3) is 6.58. The van der Waals surface area contributed by atoms with Crippen LogP contribution < -0.4 is 11.1 Å². The Morgan fingerprint density at radius 3 is 2.79 bits per heavy atom. The van der Waals surface area contributed by atoms with Gasteiger partial charge in [-0.25, -0.2) is 0 Å². The Kier molecular flexibility index (Phi) is 7.30. The summed E-state index contributed by atoms with van der Waals surface area (Å²) in [5.74, 6) is 0.0649. The molecular formula is C15H21N3O. The summed E-state index contributed by atoms with van der Waals surface area (Å²) in [6.45, 7) is 1.21. The zero-order chi connectivity index (χ0) is 13.9. The van der Waals surface area contributed by atoms with Gasteiger partial charge in [0, 0.05) is 13.0 Å². The van der Waals surface area contributed by atoms with Crippen molar-refractivity contribution in [2.24, 2.45) is 5.73 Å². The summed E-state index contributed by atoms with van der Waals surface area (Å²) >= 11 is 0. The van der Waals surface area contributed by atoms with Crippen LogP contribution in [0.25, 0.3) is 0 Å². The van der Waals surface area contributed by atoms with Crippen molar-refractivity contribution in [1.29, 1.82) is 5.26 Å². The minimum absolute atomic E-state index is 0.0649. The average molecular weight is 259 g/mol. The Labute approximate surface area is 114 Å². The van der Waals surface area contributed by atoms with Gasteiger partial charge in [-0.05, 0) is 37.1 Å². The van der Waals surface area contributed by atoms with Crippen LogP contribution in [0.15, 0.2) is 24.3 Å². The highest BCUT2D eigenvalue weighted by molar-refractivity contribution is 5.75. The highest BCUT2D eigenvalue weighted by Crippen LogP contribution is 2.05. The molecule has 0 fully saturated rings. The van der Waals surface area contributed by atoms with E-state index in [4.69, 9.17) is 11.0 Å². The number of unbranched alkanes of at least 4 members (excludes halogenated alkanes) is 3. The maximum absolute atomic E-state index is 11.6. The molecule has 0 saturated carbocycles. The van der Waals surface area contributed by atoms with Gasteiger partial charge in [0.05, 0.1) is 11.6 Å². The van der Waals surface area contributed by atoms with Crippen molar-refractivity contribution in [2.75, 3.05) is 6.54 Å². The quantitative estimate of drug-likeness (QED) is 0.701. The van der Waals surface area contributed by atoms with Gasteiger partial charge in [-0.1, -0.05) is 25.0 Å². The van der Waals surface area contributed by atoms with Crippen molar-refractivity contribution in [3.05, 3.63) is 35.4 Å². The molecule has 4 heteroatoms. The van der Waals surface area contributed by atoms with Gasteiger partial charge in [0.1, 0.15) is 0 Å². The van der Waals surface area contributed by atoms with Crippen molar-refractivity contribution >= 4 is 5.91 Å². The molecule has 1 rings (SSSR count). The molecule has 0 spiro atoms. The molecule has 0 atom stereocenters. The maximum Gasteiger partial charge on any atom is 0.220 e. The van der Waals surface area contributed by atoms with E-state index < -0.39 is 0 Å². The van der Waals surface area contributed by atoms with Gasteiger partial charge >= 0.3 is 0 Å². The highest BCUT2D eigenvalue weighted by Gasteiger charge is 2.01. The van der Waals surface area contributed by atoms with Crippen LogP contribution in [0.1, 0.15) is 43.2 Å². The highest BCUT2D eigenvalue weighted by atomic mass is 16.1. The van der Waals surface area contributed by atoms with Crippen molar-refractivity contribution < 1.29 is 4.79 Å². The molecule has 0 aromatic heterocycles. The fourth-order valence-electron chi connectivity index (χ4n) is 1.82. The number of nitrogens with two attached hydrogens (primary N) is 1. The number of nitrogens with zero attached hydrogens (tertiary/aromatic N) is 1. The lowest BCUT2D eigenvalue weighted by Crippen LogP contribution is -2.22. The van der Waals surface area contributed by atoms with E-state index in [9.17, 15) is 4.79 Å². The second-order valence-electron chi connectivity index (χ2n) is 4.54. The molecule has 0 bridgehead atoms. The molecular weight excluding hydrogens is 238 g/mol. The standard InChI is InChI=1S/C15H21N3O/c16-9-4-2-1-3-8-15(19)18-12-14-7-5-6-13(10-14)11-17/h5-7,10H,1-4,8-9,12,16H2,(H,18,19). The monoisotopic (exact) mass is 259 g/mol. The molecule has 0 unspecified atom stereocenters. The number of hydrogen-bond donors (Lipinski definition) is 2. The fraction of sp³-hybridized carbons (Fsp3) is 0.467. The lowest BCUT2D eigenvalue weighted by molar-refractivity contribution is -0.121. The van der Waals surface area contributed by atoms with Crippen LogP contribution in [0.5, 0.6) is 0 Å². The first kappa shape index (κ1) is 15.2. The SMILES string of the molecule is N#Cc1cccc(CNC(=O)CCCCCCN)c1. The normalized spacial score (nSPS) is 9.89. The van der Waals surface area contributed by atoms with Gasteiger partial charge in [-0.2, -0.15) is 5.26 Å². The van der Waals surface area contributed by atoms with Crippen molar-refractivity contribution in [2.45, 2.75) is 38.6 Å². The average Bonchev–Trinajstić information content (AvgIpc) is 2.45. The summed E-state index contributed by atoms with van der Waals surface area (Å²) in [5, 5.41) is 11.6. The topological polar surface area (TPSA) is 78.9 Å². The van der Waals surface area contributed by atoms with E-state index in [1.54, 1.807) is 12.1 Å².